The minimum atomic E-state index is -3.31. The topological polar surface area (TPSA) is 72.5 Å². The van der Waals surface area contributed by atoms with E-state index in [0.29, 0.717) is 26.2 Å². The molecule has 8 heteroatoms. The van der Waals surface area contributed by atoms with Gasteiger partial charge in [0.15, 0.2) is 9.84 Å². The molecular weight excluding hydrogens is 377 g/mol. The van der Waals surface area contributed by atoms with Crippen LogP contribution < -0.4 is 5.32 Å². The molecule has 136 valence electrons. The lowest BCUT2D eigenvalue weighted by Crippen LogP contribution is -2.12. The van der Waals surface area contributed by atoms with E-state index in [4.69, 9.17) is 4.74 Å². The molecule has 1 N–H and O–H groups in total. The highest BCUT2D eigenvalue weighted by molar-refractivity contribution is 7.90. The molecule has 5 nitrogen and oxygen atoms in total. The number of fused-ring (bicyclic) bond motifs is 1. The third-order valence-corrected chi connectivity index (χ3v) is 6.12. The molecule has 0 atom stereocenters. The van der Waals surface area contributed by atoms with Gasteiger partial charge in [0.2, 0.25) is 0 Å². The number of sulfone groups is 1. The van der Waals surface area contributed by atoms with Crippen LogP contribution in [0.1, 0.15) is 15.2 Å². The third kappa shape index (κ3) is 3.62. The molecule has 0 unspecified atom stereocenters. The van der Waals surface area contributed by atoms with Crippen LogP contribution in [0.25, 0.3) is 10.1 Å². The Kier molecular flexibility index (Phi) is 5.08. The lowest BCUT2D eigenvalue weighted by atomic mass is 10.1. The van der Waals surface area contributed by atoms with Crippen molar-refractivity contribution in [3.8, 4) is 0 Å². The number of carbonyl (C=O) groups excluding carboxylic acids is 1. The molecule has 0 aliphatic carbocycles. The van der Waals surface area contributed by atoms with E-state index in [9.17, 15) is 17.6 Å². The van der Waals surface area contributed by atoms with Crippen molar-refractivity contribution in [2.75, 3.05) is 18.7 Å². The summed E-state index contributed by atoms with van der Waals surface area (Å²) in [5.41, 5.74) is 0.944. The van der Waals surface area contributed by atoms with Gasteiger partial charge in [-0.3, -0.25) is 4.79 Å². The van der Waals surface area contributed by atoms with Crippen molar-refractivity contribution in [3.05, 3.63) is 58.7 Å². The Labute approximate surface area is 154 Å². The largest absolute Gasteiger partial charge is 0.380 e. The van der Waals surface area contributed by atoms with E-state index in [1.54, 1.807) is 12.1 Å². The summed E-state index contributed by atoms with van der Waals surface area (Å²) in [6.45, 7) is 0.108. The quantitative estimate of drug-likeness (QED) is 0.715. The Bertz CT molecular complexity index is 1070. The van der Waals surface area contributed by atoms with Gasteiger partial charge in [0, 0.05) is 34.7 Å². The van der Waals surface area contributed by atoms with E-state index in [1.807, 2.05) is 0 Å². The second-order valence-corrected chi connectivity index (χ2v) is 8.77. The fourth-order valence-corrected chi connectivity index (χ4v) is 4.35. The molecular formula is C18H16FNO4S2. The van der Waals surface area contributed by atoms with Gasteiger partial charge in [-0.2, -0.15) is 0 Å². The normalized spacial score (nSPS) is 11.7. The van der Waals surface area contributed by atoms with Crippen molar-refractivity contribution in [2.24, 2.45) is 0 Å². The van der Waals surface area contributed by atoms with E-state index in [-0.39, 0.29) is 11.5 Å². The zero-order valence-corrected chi connectivity index (χ0v) is 15.7. The van der Waals surface area contributed by atoms with E-state index in [2.05, 4.69) is 5.32 Å². The summed E-state index contributed by atoms with van der Waals surface area (Å²) < 4.78 is 43.0. The van der Waals surface area contributed by atoms with Gasteiger partial charge < -0.3 is 10.1 Å². The van der Waals surface area contributed by atoms with Crippen LogP contribution >= 0.6 is 11.3 Å². The molecule has 1 heterocycles. The average Bonchev–Trinajstić information content (AvgIpc) is 2.95. The van der Waals surface area contributed by atoms with Crippen LogP contribution in [0, 0.1) is 5.82 Å². The van der Waals surface area contributed by atoms with E-state index < -0.39 is 21.6 Å². The predicted octanol–water partition coefficient (Wildman–Crippen LogP) is 3.84. The number of thiophene rings is 1. The molecule has 0 aliphatic rings. The second kappa shape index (κ2) is 7.14. The molecule has 0 spiro atoms. The molecule has 0 radical (unpaired) electrons. The van der Waals surface area contributed by atoms with Crippen molar-refractivity contribution in [1.82, 2.24) is 0 Å². The highest BCUT2D eigenvalue weighted by Gasteiger charge is 2.21. The summed E-state index contributed by atoms with van der Waals surface area (Å²) in [5, 5.41) is 3.10. The Morgan fingerprint density at radius 2 is 1.88 bits per heavy atom. The van der Waals surface area contributed by atoms with Crippen LogP contribution in [0.15, 0.2) is 47.4 Å². The summed E-state index contributed by atoms with van der Waals surface area (Å²) >= 11 is 1.18. The third-order valence-electron chi connectivity index (χ3n) is 3.80. The van der Waals surface area contributed by atoms with Gasteiger partial charge in [0.1, 0.15) is 5.82 Å². The van der Waals surface area contributed by atoms with Crippen LogP contribution in [0.4, 0.5) is 10.1 Å². The maximum Gasteiger partial charge on any atom is 0.266 e. The molecule has 1 amide bonds. The summed E-state index contributed by atoms with van der Waals surface area (Å²) in [5.74, 6) is -0.799. The van der Waals surface area contributed by atoms with Gasteiger partial charge in [-0.1, -0.05) is 6.07 Å². The zero-order chi connectivity index (χ0) is 18.9. The number of carbonyl (C=O) groups is 1. The van der Waals surface area contributed by atoms with Gasteiger partial charge in [0.05, 0.1) is 16.4 Å². The summed E-state index contributed by atoms with van der Waals surface area (Å²) in [6, 6.07) is 10.6. The number of rotatable bonds is 5. The van der Waals surface area contributed by atoms with Crippen LogP contribution in [0.2, 0.25) is 0 Å². The number of methoxy groups -OCH3 is 1. The van der Waals surface area contributed by atoms with Crippen LogP contribution in [-0.4, -0.2) is 27.7 Å². The number of hydrogen-bond donors (Lipinski definition) is 1. The standard InChI is InChI=1S/C18H16FNO4S2/c1-24-10-13-16-14(19)4-3-5-15(16)25-17(13)18(21)20-11-6-8-12(9-7-11)26(2,22)23/h3-9H,10H2,1-2H3,(H,20,21). The van der Waals surface area contributed by atoms with Crippen molar-refractivity contribution >= 4 is 42.9 Å². The SMILES string of the molecule is COCc1c(C(=O)Nc2ccc(S(C)(=O)=O)cc2)sc2cccc(F)c12. The van der Waals surface area contributed by atoms with Crippen LogP contribution in [0.3, 0.4) is 0 Å². The first-order valence-electron chi connectivity index (χ1n) is 7.61. The van der Waals surface area contributed by atoms with Gasteiger partial charge in [0.25, 0.3) is 5.91 Å². The molecule has 0 saturated carbocycles. The number of halogens is 1. The number of hydrogen-bond acceptors (Lipinski definition) is 5. The van der Waals surface area contributed by atoms with Gasteiger partial charge in [-0.25, -0.2) is 12.8 Å². The molecule has 0 saturated heterocycles. The molecule has 3 rings (SSSR count). The van der Waals surface area contributed by atoms with Crippen LogP contribution in [0.5, 0.6) is 0 Å². The maximum absolute atomic E-state index is 14.2. The van der Waals surface area contributed by atoms with E-state index in [0.717, 1.165) is 6.26 Å². The molecule has 26 heavy (non-hydrogen) atoms. The van der Waals surface area contributed by atoms with Crippen LogP contribution in [-0.2, 0) is 21.2 Å². The Morgan fingerprint density at radius 3 is 2.50 bits per heavy atom. The summed E-state index contributed by atoms with van der Waals surface area (Å²) in [7, 11) is -1.82. The molecule has 0 fully saturated rings. The number of anilines is 1. The average molecular weight is 393 g/mol. The van der Waals surface area contributed by atoms with Gasteiger partial charge in [-0.05, 0) is 36.4 Å². The smallest absolute Gasteiger partial charge is 0.266 e. The first kappa shape index (κ1) is 18.5. The fourth-order valence-electron chi connectivity index (χ4n) is 2.61. The molecule has 2 aromatic carbocycles. The highest BCUT2D eigenvalue weighted by atomic mass is 32.2. The number of ether oxygens (including phenoxy) is 1. The van der Waals surface area contributed by atoms with E-state index >= 15 is 0 Å². The minimum Gasteiger partial charge on any atom is -0.380 e. The maximum atomic E-state index is 14.2. The monoisotopic (exact) mass is 393 g/mol. The van der Waals surface area contributed by atoms with Gasteiger partial charge in [-0.15, -0.1) is 11.3 Å². The Balaban J connectivity index is 1.95. The van der Waals surface area contributed by atoms with E-state index in [1.165, 1.54) is 48.8 Å². The van der Waals surface area contributed by atoms with Crippen molar-refractivity contribution in [2.45, 2.75) is 11.5 Å². The number of benzene rings is 2. The number of nitrogens with one attached hydrogen (secondary N) is 1. The lowest BCUT2D eigenvalue weighted by molar-refractivity contribution is 0.102. The first-order chi connectivity index (χ1) is 12.3. The van der Waals surface area contributed by atoms with Crippen molar-refractivity contribution in [3.63, 3.8) is 0 Å². The fraction of sp³-hybridized carbons (Fsp3) is 0.167. The zero-order valence-electron chi connectivity index (χ0n) is 14.1. The number of amides is 1. The lowest BCUT2D eigenvalue weighted by Gasteiger charge is -2.07. The van der Waals surface area contributed by atoms with Crippen molar-refractivity contribution in [1.29, 1.82) is 0 Å². The predicted molar refractivity (Wildman–Crippen MR) is 100 cm³/mol. The summed E-state index contributed by atoms with van der Waals surface area (Å²) in [6.07, 6.45) is 1.11. The first-order valence-corrected chi connectivity index (χ1v) is 10.3. The van der Waals surface area contributed by atoms with Gasteiger partial charge >= 0.3 is 0 Å². The molecule has 0 aliphatic heterocycles. The molecule has 3 aromatic rings. The van der Waals surface area contributed by atoms with Crippen molar-refractivity contribution < 1.29 is 22.3 Å². The highest BCUT2D eigenvalue weighted by Crippen LogP contribution is 2.34. The Morgan fingerprint density at radius 1 is 1.19 bits per heavy atom. The Hall–Kier alpha value is -2.29. The second-order valence-electron chi connectivity index (χ2n) is 5.71. The molecule has 1 aromatic heterocycles. The minimum absolute atomic E-state index is 0.108. The summed E-state index contributed by atoms with van der Waals surface area (Å²) in [4.78, 5) is 13.2. The molecule has 0 bridgehead atoms.